The molecule has 1 amide bonds. The number of rotatable bonds is 2. The van der Waals surface area contributed by atoms with Crippen molar-refractivity contribution in [1.29, 1.82) is 0 Å². The van der Waals surface area contributed by atoms with Gasteiger partial charge in [0, 0.05) is 11.6 Å². The predicted octanol–water partition coefficient (Wildman–Crippen LogP) is 3.93. The highest BCUT2D eigenvalue weighted by Crippen LogP contribution is 2.24. The van der Waals surface area contributed by atoms with Crippen molar-refractivity contribution in [2.24, 2.45) is 0 Å². The summed E-state index contributed by atoms with van der Waals surface area (Å²) >= 11 is 0. The number of carbonyl (C=O) groups is 1. The standard InChI is InChI=1S/C17H13FN2O/c1-11-5-4-7-13-15(9-10-19-16(11)13)20-17(21)12-6-2-3-8-14(12)18/h2-10H,1H3,(H,19,20,21). The van der Waals surface area contributed by atoms with Crippen molar-refractivity contribution in [1.82, 2.24) is 4.98 Å². The van der Waals surface area contributed by atoms with E-state index in [1.807, 2.05) is 25.1 Å². The van der Waals surface area contributed by atoms with Gasteiger partial charge in [-0.05, 0) is 30.7 Å². The van der Waals surface area contributed by atoms with Crippen LogP contribution in [-0.4, -0.2) is 10.9 Å². The van der Waals surface area contributed by atoms with E-state index < -0.39 is 11.7 Å². The molecule has 1 heterocycles. The molecule has 3 aromatic rings. The first-order chi connectivity index (χ1) is 10.2. The summed E-state index contributed by atoms with van der Waals surface area (Å²) in [7, 11) is 0. The van der Waals surface area contributed by atoms with Gasteiger partial charge in [0.25, 0.3) is 5.91 Å². The highest BCUT2D eigenvalue weighted by atomic mass is 19.1. The molecule has 2 aromatic carbocycles. The van der Waals surface area contributed by atoms with Gasteiger partial charge in [-0.25, -0.2) is 4.39 Å². The summed E-state index contributed by atoms with van der Waals surface area (Å²) in [5.74, 6) is -1.01. The fraction of sp³-hybridized carbons (Fsp3) is 0.0588. The number of nitrogens with one attached hydrogen (secondary N) is 1. The number of hydrogen-bond donors (Lipinski definition) is 1. The van der Waals surface area contributed by atoms with Gasteiger partial charge in [-0.15, -0.1) is 0 Å². The zero-order valence-corrected chi connectivity index (χ0v) is 11.4. The van der Waals surface area contributed by atoms with Crippen LogP contribution >= 0.6 is 0 Å². The van der Waals surface area contributed by atoms with E-state index in [4.69, 9.17) is 0 Å². The van der Waals surface area contributed by atoms with E-state index in [0.717, 1.165) is 16.5 Å². The molecule has 1 aromatic heterocycles. The molecule has 0 fully saturated rings. The number of aromatic nitrogens is 1. The van der Waals surface area contributed by atoms with Crippen molar-refractivity contribution in [3.8, 4) is 0 Å². The van der Waals surface area contributed by atoms with Gasteiger partial charge in [0.1, 0.15) is 5.82 Å². The van der Waals surface area contributed by atoms with Gasteiger partial charge >= 0.3 is 0 Å². The van der Waals surface area contributed by atoms with Crippen LogP contribution in [0.15, 0.2) is 54.7 Å². The summed E-state index contributed by atoms with van der Waals surface area (Å²) in [6.45, 7) is 1.96. The van der Waals surface area contributed by atoms with E-state index in [-0.39, 0.29) is 5.56 Å². The Morgan fingerprint density at radius 1 is 1.10 bits per heavy atom. The smallest absolute Gasteiger partial charge is 0.258 e. The van der Waals surface area contributed by atoms with Crippen LogP contribution in [0.25, 0.3) is 10.9 Å². The van der Waals surface area contributed by atoms with Crippen molar-refractivity contribution in [3.63, 3.8) is 0 Å². The van der Waals surface area contributed by atoms with Crippen molar-refractivity contribution in [2.75, 3.05) is 5.32 Å². The van der Waals surface area contributed by atoms with Crippen molar-refractivity contribution >= 4 is 22.5 Å². The van der Waals surface area contributed by atoms with E-state index in [9.17, 15) is 9.18 Å². The Kier molecular flexibility index (Phi) is 3.36. The number of anilines is 1. The van der Waals surface area contributed by atoms with Crippen LogP contribution in [0.4, 0.5) is 10.1 Å². The highest BCUT2D eigenvalue weighted by molar-refractivity contribution is 6.08. The van der Waals surface area contributed by atoms with Gasteiger partial charge in [0.15, 0.2) is 0 Å². The van der Waals surface area contributed by atoms with Crippen LogP contribution in [-0.2, 0) is 0 Å². The Hall–Kier alpha value is -2.75. The fourth-order valence-corrected chi connectivity index (χ4v) is 2.27. The van der Waals surface area contributed by atoms with E-state index in [1.54, 1.807) is 24.4 Å². The van der Waals surface area contributed by atoms with Gasteiger partial charge < -0.3 is 5.32 Å². The maximum absolute atomic E-state index is 13.6. The zero-order valence-electron chi connectivity index (χ0n) is 11.4. The number of aryl methyl sites for hydroxylation is 1. The summed E-state index contributed by atoms with van der Waals surface area (Å²) in [4.78, 5) is 16.5. The van der Waals surface area contributed by atoms with Crippen LogP contribution in [0.1, 0.15) is 15.9 Å². The molecule has 4 heteroatoms. The third kappa shape index (κ3) is 2.48. The first-order valence-electron chi connectivity index (χ1n) is 6.57. The molecule has 104 valence electrons. The average molecular weight is 280 g/mol. The molecule has 0 aliphatic heterocycles. The quantitative estimate of drug-likeness (QED) is 0.772. The SMILES string of the molecule is Cc1cccc2c(NC(=O)c3ccccc3F)ccnc12. The maximum atomic E-state index is 13.6. The molecule has 0 unspecified atom stereocenters. The van der Waals surface area contributed by atoms with Crippen molar-refractivity contribution < 1.29 is 9.18 Å². The molecule has 3 nitrogen and oxygen atoms in total. The summed E-state index contributed by atoms with van der Waals surface area (Å²) in [6.07, 6.45) is 1.63. The van der Waals surface area contributed by atoms with Gasteiger partial charge in [-0.1, -0.05) is 30.3 Å². The fourth-order valence-electron chi connectivity index (χ4n) is 2.27. The zero-order chi connectivity index (χ0) is 14.8. The Morgan fingerprint density at radius 2 is 1.90 bits per heavy atom. The van der Waals surface area contributed by atoms with Crippen LogP contribution in [0.2, 0.25) is 0 Å². The second-order valence-electron chi connectivity index (χ2n) is 4.76. The minimum Gasteiger partial charge on any atom is -0.321 e. The van der Waals surface area contributed by atoms with Crippen LogP contribution in [0.5, 0.6) is 0 Å². The minimum atomic E-state index is -0.537. The summed E-state index contributed by atoms with van der Waals surface area (Å²) in [6, 6.07) is 13.4. The van der Waals surface area contributed by atoms with Gasteiger partial charge in [0.05, 0.1) is 16.8 Å². The van der Waals surface area contributed by atoms with Gasteiger partial charge in [0.2, 0.25) is 0 Å². The van der Waals surface area contributed by atoms with Crippen LogP contribution < -0.4 is 5.32 Å². The Bertz CT molecular complexity index is 830. The normalized spacial score (nSPS) is 10.6. The highest BCUT2D eigenvalue weighted by Gasteiger charge is 2.12. The lowest BCUT2D eigenvalue weighted by atomic mass is 10.1. The maximum Gasteiger partial charge on any atom is 0.258 e. The molecule has 21 heavy (non-hydrogen) atoms. The molecular weight excluding hydrogens is 267 g/mol. The molecule has 0 spiro atoms. The Balaban J connectivity index is 2.01. The third-order valence-electron chi connectivity index (χ3n) is 3.34. The summed E-state index contributed by atoms with van der Waals surface area (Å²) in [5, 5.41) is 3.59. The predicted molar refractivity (Wildman–Crippen MR) is 80.8 cm³/mol. The van der Waals surface area contributed by atoms with Crippen LogP contribution in [0.3, 0.4) is 0 Å². The monoisotopic (exact) mass is 280 g/mol. The lowest BCUT2D eigenvalue weighted by Gasteiger charge is -2.10. The number of halogens is 1. The number of carbonyl (C=O) groups excluding carboxylic acids is 1. The van der Waals surface area contributed by atoms with Crippen LogP contribution in [0, 0.1) is 12.7 Å². The van der Waals surface area contributed by atoms with Gasteiger partial charge in [-0.2, -0.15) is 0 Å². The number of pyridine rings is 1. The average Bonchev–Trinajstić information content (AvgIpc) is 2.49. The molecule has 0 saturated heterocycles. The second-order valence-corrected chi connectivity index (χ2v) is 4.76. The minimum absolute atomic E-state index is 0.0233. The Labute approximate surface area is 121 Å². The number of benzene rings is 2. The van der Waals surface area contributed by atoms with Crippen molar-refractivity contribution in [2.45, 2.75) is 6.92 Å². The molecule has 0 saturated carbocycles. The molecule has 1 N–H and O–H groups in total. The number of para-hydroxylation sites is 1. The van der Waals surface area contributed by atoms with E-state index in [1.165, 1.54) is 12.1 Å². The Morgan fingerprint density at radius 3 is 2.71 bits per heavy atom. The lowest BCUT2D eigenvalue weighted by molar-refractivity contribution is 0.102. The molecule has 3 rings (SSSR count). The largest absolute Gasteiger partial charge is 0.321 e. The molecular formula is C17H13FN2O. The van der Waals surface area contributed by atoms with E-state index in [0.29, 0.717) is 5.69 Å². The summed E-state index contributed by atoms with van der Waals surface area (Å²) < 4.78 is 13.6. The molecule has 0 aliphatic rings. The topological polar surface area (TPSA) is 42.0 Å². The van der Waals surface area contributed by atoms with E-state index in [2.05, 4.69) is 10.3 Å². The number of hydrogen-bond acceptors (Lipinski definition) is 2. The molecule has 0 aliphatic carbocycles. The molecule has 0 bridgehead atoms. The second kappa shape index (κ2) is 5.32. The first kappa shape index (κ1) is 13.2. The molecule has 0 radical (unpaired) electrons. The molecule has 0 atom stereocenters. The summed E-state index contributed by atoms with van der Waals surface area (Å²) in [5.41, 5.74) is 2.49. The van der Waals surface area contributed by atoms with Gasteiger partial charge in [-0.3, -0.25) is 9.78 Å². The van der Waals surface area contributed by atoms with E-state index >= 15 is 0 Å². The number of fused-ring (bicyclic) bond motifs is 1. The lowest BCUT2D eigenvalue weighted by Crippen LogP contribution is -2.14. The van der Waals surface area contributed by atoms with Crippen molar-refractivity contribution in [3.05, 3.63) is 71.7 Å². The number of nitrogens with zero attached hydrogens (tertiary/aromatic N) is 1. The first-order valence-corrected chi connectivity index (χ1v) is 6.57. The number of amides is 1. The third-order valence-corrected chi connectivity index (χ3v) is 3.34.